The number of rotatable bonds is 5. The van der Waals surface area contributed by atoms with Gasteiger partial charge in [0.05, 0.1) is 13.2 Å². The predicted molar refractivity (Wildman–Crippen MR) is 79.7 cm³/mol. The van der Waals surface area contributed by atoms with E-state index in [1.807, 2.05) is 44.2 Å². The molecule has 0 saturated carbocycles. The van der Waals surface area contributed by atoms with Crippen molar-refractivity contribution < 1.29 is 9.13 Å². The molecule has 2 rings (SSSR count). The largest absolute Gasteiger partial charge is 0.497 e. The van der Waals surface area contributed by atoms with Crippen LogP contribution in [0.3, 0.4) is 0 Å². The Morgan fingerprint density at radius 2 is 2.00 bits per heavy atom. The lowest BCUT2D eigenvalue weighted by atomic mass is 9.94. The van der Waals surface area contributed by atoms with Crippen molar-refractivity contribution in [2.24, 2.45) is 0 Å². The molecule has 0 aliphatic heterocycles. The topological polar surface area (TPSA) is 21.3 Å². The van der Waals surface area contributed by atoms with Gasteiger partial charge < -0.3 is 10.1 Å². The average Bonchev–Trinajstić information content (AvgIpc) is 2.47. The van der Waals surface area contributed by atoms with Gasteiger partial charge in [-0.2, -0.15) is 0 Å². The molecule has 2 aromatic carbocycles. The maximum atomic E-state index is 13.6. The van der Waals surface area contributed by atoms with Crippen LogP contribution >= 0.6 is 0 Å². The minimum Gasteiger partial charge on any atom is -0.497 e. The van der Waals surface area contributed by atoms with Gasteiger partial charge in [0.25, 0.3) is 0 Å². The maximum absolute atomic E-state index is 13.6. The summed E-state index contributed by atoms with van der Waals surface area (Å²) < 4.78 is 18.8. The van der Waals surface area contributed by atoms with E-state index in [2.05, 4.69) is 5.32 Å². The molecule has 0 bridgehead atoms. The first-order chi connectivity index (χ1) is 9.65. The van der Waals surface area contributed by atoms with Crippen molar-refractivity contribution in [3.63, 3.8) is 0 Å². The number of hydrogen-bond donors (Lipinski definition) is 1. The van der Waals surface area contributed by atoms with E-state index in [-0.39, 0.29) is 11.9 Å². The van der Waals surface area contributed by atoms with Crippen LogP contribution in [-0.4, -0.2) is 13.7 Å². The molecule has 20 heavy (non-hydrogen) atoms. The summed E-state index contributed by atoms with van der Waals surface area (Å²) in [5.41, 5.74) is 3.10. The molecule has 0 spiro atoms. The van der Waals surface area contributed by atoms with E-state index in [0.717, 1.165) is 29.0 Å². The van der Waals surface area contributed by atoms with E-state index in [4.69, 9.17) is 4.74 Å². The molecular formula is C17H20FNO. The lowest BCUT2D eigenvalue weighted by molar-refractivity contribution is 0.413. The summed E-state index contributed by atoms with van der Waals surface area (Å²) >= 11 is 0. The van der Waals surface area contributed by atoms with E-state index in [9.17, 15) is 4.39 Å². The molecule has 0 saturated heterocycles. The SMILES string of the molecule is CCNC(c1cccc(OC)c1)c1cc(F)ccc1C. The number of ether oxygens (including phenoxy) is 1. The summed E-state index contributed by atoms with van der Waals surface area (Å²) in [6.45, 7) is 4.85. The number of benzene rings is 2. The van der Waals surface area contributed by atoms with Crippen molar-refractivity contribution in [1.29, 1.82) is 0 Å². The zero-order chi connectivity index (χ0) is 14.5. The van der Waals surface area contributed by atoms with Gasteiger partial charge in [0.15, 0.2) is 0 Å². The number of hydrogen-bond acceptors (Lipinski definition) is 2. The minimum absolute atomic E-state index is 0.0363. The fourth-order valence-corrected chi connectivity index (χ4v) is 2.35. The van der Waals surface area contributed by atoms with Crippen molar-refractivity contribution in [2.45, 2.75) is 19.9 Å². The summed E-state index contributed by atoms with van der Waals surface area (Å²) in [7, 11) is 1.65. The van der Waals surface area contributed by atoms with Gasteiger partial charge in [0, 0.05) is 0 Å². The Labute approximate surface area is 119 Å². The van der Waals surface area contributed by atoms with Gasteiger partial charge in [0.2, 0.25) is 0 Å². The van der Waals surface area contributed by atoms with Crippen molar-refractivity contribution in [2.75, 3.05) is 13.7 Å². The molecule has 1 N–H and O–H groups in total. The van der Waals surface area contributed by atoms with Crippen LogP contribution in [-0.2, 0) is 0 Å². The summed E-state index contributed by atoms with van der Waals surface area (Å²) in [4.78, 5) is 0. The fourth-order valence-electron chi connectivity index (χ4n) is 2.35. The van der Waals surface area contributed by atoms with Gasteiger partial charge in [-0.15, -0.1) is 0 Å². The van der Waals surface area contributed by atoms with Gasteiger partial charge in [-0.1, -0.05) is 25.1 Å². The Kier molecular flexibility index (Phi) is 4.74. The number of nitrogens with one attached hydrogen (secondary N) is 1. The highest BCUT2D eigenvalue weighted by atomic mass is 19.1. The monoisotopic (exact) mass is 273 g/mol. The quantitative estimate of drug-likeness (QED) is 0.893. The molecule has 2 aromatic rings. The van der Waals surface area contributed by atoms with Gasteiger partial charge in [0.1, 0.15) is 11.6 Å². The first-order valence-electron chi connectivity index (χ1n) is 6.79. The molecule has 1 atom stereocenters. The smallest absolute Gasteiger partial charge is 0.123 e. The van der Waals surface area contributed by atoms with Crippen molar-refractivity contribution in [3.8, 4) is 5.75 Å². The second-order valence-corrected chi connectivity index (χ2v) is 4.77. The third-order valence-corrected chi connectivity index (χ3v) is 3.39. The van der Waals surface area contributed by atoms with Gasteiger partial charge >= 0.3 is 0 Å². The third-order valence-electron chi connectivity index (χ3n) is 3.39. The first-order valence-corrected chi connectivity index (χ1v) is 6.79. The Morgan fingerprint density at radius 3 is 2.70 bits per heavy atom. The van der Waals surface area contributed by atoms with Crippen molar-refractivity contribution >= 4 is 0 Å². The van der Waals surface area contributed by atoms with Crippen LogP contribution in [0.4, 0.5) is 4.39 Å². The molecule has 0 fully saturated rings. The number of aryl methyl sites for hydroxylation is 1. The standard InChI is InChI=1S/C17H20FNO/c1-4-19-17(13-6-5-7-15(10-13)20-3)16-11-14(18)9-8-12(16)2/h5-11,17,19H,4H2,1-3H3. The zero-order valence-corrected chi connectivity index (χ0v) is 12.1. The molecule has 0 aliphatic carbocycles. The number of methoxy groups -OCH3 is 1. The van der Waals surface area contributed by atoms with Crippen LogP contribution in [0.2, 0.25) is 0 Å². The van der Waals surface area contributed by atoms with E-state index in [1.54, 1.807) is 13.2 Å². The van der Waals surface area contributed by atoms with E-state index in [0.29, 0.717) is 0 Å². The molecule has 3 heteroatoms. The molecular weight excluding hydrogens is 253 g/mol. The van der Waals surface area contributed by atoms with E-state index < -0.39 is 0 Å². The molecule has 2 nitrogen and oxygen atoms in total. The highest BCUT2D eigenvalue weighted by Gasteiger charge is 2.16. The van der Waals surface area contributed by atoms with Crippen molar-refractivity contribution in [1.82, 2.24) is 5.32 Å². The van der Waals surface area contributed by atoms with E-state index in [1.165, 1.54) is 6.07 Å². The molecule has 0 radical (unpaired) electrons. The summed E-state index contributed by atoms with van der Waals surface area (Å²) in [5.74, 6) is 0.593. The van der Waals surface area contributed by atoms with Crippen LogP contribution in [0.25, 0.3) is 0 Å². The fraction of sp³-hybridized carbons (Fsp3) is 0.294. The van der Waals surface area contributed by atoms with Crippen molar-refractivity contribution in [3.05, 3.63) is 65.0 Å². The summed E-state index contributed by atoms with van der Waals surface area (Å²) in [6.07, 6.45) is 0. The van der Waals surface area contributed by atoms with Crippen LogP contribution < -0.4 is 10.1 Å². The normalized spacial score (nSPS) is 12.2. The molecule has 0 amide bonds. The maximum Gasteiger partial charge on any atom is 0.123 e. The Morgan fingerprint density at radius 1 is 1.20 bits per heavy atom. The van der Waals surface area contributed by atoms with E-state index >= 15 is 0 Å². The lowest BCUT2D eigenvalue weighted by Gasteiger charge is -2.21. The Hall–Kier alpha value is -1.87. The van der Waals surface area contributed by atoms with Gasteiger partial charge in [-0.25, -0.2) is 4.39 Å². The summed E-state index contributed by atoms with van der Waals surface area (Å²) in [6, 6.07) is 12.7. The molecule has 0 aliphatic rings. The highest BCUT2D eigenvalue weighted by Crippen LogP contribution is 2.27. The molecule has 1 unspecified atom stereocenters. The number of halogens is 1. The predicted octanol–water partition coefficient (Wildman–Crippen LogP) is 3.84. The Bertz CT molecular complexity index is 583. The third kappa shape index (κ3) is 3.17. The second kappa shape index (κ2) is 6.53. The second-order valence-electron chi connectivity index (χ2n) is 4.77. The van der Waals surface area contributed by atoms with Gasteiger partial charge in [-0.05, 0) is 54.4 Å². The minimum atomic E-state index is -0.212. The molecule has 106 valence electrons. The first kappa shape index (κ1) is 14.5. The zero-order valence-electron chi connectivity index (χ0n) is 12.1. The highest BCUT2D eigenvalue weighted by molar-refractivity contribution is 5.40. The van der Waals surface area contributed by atoms with Crippen LogP contribution in [0, 0.1) is 12.7 Å². The van der Waals surface area contributed by atoms with Crippen LogP contribution in [0.15, 0.2) is 42.5 Å². The molecule has 0 aromatic heterocycles. The molecule has 0 heterocycles. The van der Waals surface area contributed by atoms with Gasteiger partial charge in [-0.3, -0.25) is 0 Å². The average molecular weight is 273 g/mol. The van der Waals surface area contributed by atoms with Crippen LogP contribution in [0.5, 0.6) is 5.75 Å². The Balaban J connectivity index is 2.46. The lowest BCUT2D eigenvalue weighted by Crippen LogP contribution is -2.23. The summed E-state index contributed by atoms with van der Waals surface area (Å²) in [5, 5.41) is 3.41. The van der Waals surface area contributed by atoms with Crippen LogP contribution in [0.1, 0.15) is 29.7 Å².